The maximum atomic E-state index is 10.5. The fourth-order valence-corrected chi connectivity index (χ4v) is 1.98. The van der Waals surface area contributed by atoms with Crippen LogP contribution in [0.3, 0.4) is 0 Å². The van der Waals surface area contributed by atoms with Gasteiger partial charge in [-0.3, -0.25) is 4.79 Å². The molecule has 15 heavy (non-hydrogen) atoms. The minimum absolute atomic E-state index is 0.280. The second-order valence-corrected chi connectivity index (χ2v) is 3.98. The van der Waals surface area contributed by atoms with Gasteiger partial charge in [0.1, 0.15) is 5.75 Å². The first-order valence-electron chi connectivity index (χ1n) is 5.06. The van der Waals surface area contributed by atoms with Crippen LogP contribution in [-0.4, -0.2) is 18.2 Å². The molecule has 0 aromatic heterocycles. The molecule has 1 saturated carbocycles. The summed E-state index contributed by atoms with van der Waals surface area (Å²) in [6.07, 6.45) is 1.27. The van der Waals surface area contributed by atoms with Crippen LogP contribution in [0.15, 0.2) is 24.3 Å². The Kier molecular flexibility index (Phi) is 2.62. The summed E-state index contributed by atoms with van der Waals surface area (Å²) in [4.78, 5) is 10.5. The van der Waals surface area contributed by atoms with Gasteiger partial charge in [-0.25, -0.2) is 0 Å². The van der Waals surface area contributed by atoms with E-state index in [4.69, 9.17) is 9.84 Å². The number of methoxy groups -OCH3 is 1. The minimum Gasteiger partial charge on any atom is -0.497 e. The average molecular weight is 206 g/mol. The molecule has 1 N–H and O–H groups in total. The molecule has 1 aromatic rings. The van der Waals surface area contributed by atoms with E-state index in [1.165, 1.54) is 5.56 Å². The summed E-state index contributed by atoms with van der Waals surface area (Å²) in [5.41, 5.74) is 1.20. The van der Waals surface area contributed by atoms with Crippen molar-refractivity contribution in [3.63, 3.8) is 0 Å². The van der Waals surface area contributed by atoms with Crippen LogP contribution in [-0.2, 0) is 4.79 Å². The highest BCUT2D eigenvalue weighted by Crippen LogP contribution is 2.49. The van der Waals surface area contributed by atoms with Gasteiger partial charge in [0.15, 0.2) is 0 Å². The van der Waals surface area contributed by atoms with Crippen LogP contribution in [0.1, 0.15) is 24.3 Å². The predicted molar refractivity (Wildman–Crippen MR) is 56.1 cm³/mol. The van der Waals surface area contributed by atoms with Crippen molar-refractivity contribution in [2.45, 2.75) is 18.8 Å². The normalized spacial score (nSPS) is 23.5. The van der Waals surface area contributed by atoms with Crippen molar-refractivity contribution in [3.05, 3.63) is 29.8 Å². The molecule has 1 fully saturated rings. The van der Waals surface area contributed by atoms with Crippen LogP contribution in [0.25, 0.3) is 0 Å². The van der Waals surface area contributed by atoms with E-state index in [1.54, 1.807) is 7.11 Å². The zero-order valence-corrected chi connectivity index (χ0v) is 8.64. The fraction of sp³-hybridized carbons (Fsp3) is 0.417. The second-order valence-electron chi connectivity index (χ2n) is 3.98. The maximum Gasteiger partial charge on any atom is 0.303 e. The van der Waals surface area contributed by atoms with Gasteiger partial charge in [0.25, 0.3) is 0 Å². The molecule has 0 radical (unpaired) electrons. The molecule has 3 nitrogen and oxygen atoms in total. The summed E-state index contributed by atoms with van der Waals surface area (Å²) >= 11 is 0. The van der Waals surface area contributed by atoms with Crippen molar-refractivity contribution in [2.75, 3.05) is 7.11 Å². The fourth-order valence-electron chi connectivity index (χ4n) is 1.98. The SMILES string of the molecule is COc1cccc(C2CC2CC(=O)O)c1. The van der Waals surface area contributed by atoms with Gasteiger partial charge in [-0.15, -0.1) is 0 Å². The number of rotatable bonds is 4. The standard InChI is InChI=1S/C12H14O3/c1-15-10-4-2-3-8(5-10)11-6-9(11)7-12(13)14/h2-5,9,11H,6-7H2,1H3,(H,13,14). The first kappa shape index (κ1) is 10.0. The highest BCUT2D eigenvalue weighted by molar-refractivity contribution is 5.67. The van der Waals surface area contributed by atoms with Gasteiger partial charge in [0, 0.05) is 6.42 Å². The number of hydrogen-bond donors (Lipinski definition) is 1. The van der Waals surface area contributed by atoms with Crippen molar-refractivity contribution >= 4 is 5.97 Å². The van der Waals surface area contributed by atoms with E-state index in [9.17, 15) is 4.79 Å². The van der Waals surface area contributed by atoms with Crippen LogP contribution in [0, 0.1) is 5.92 Å². The number of ether oxygens (including phenoxy) is 1. The summed E-state index contributed by atoms with van der Waals surface area (Å²) in [7, 11) is 1.64. The van der Waals surface area contributed by atoms with E-state index in [2.05, 4.69) is 0 Å². The lowest BCUT2D eigenvalue weighted by atomic mass is 10.1. The number of carboxylic acid groups (broad SMARTS) is 1. The number of benzene rings is 1. The molecule has 3 heteroatoms. The van der Waals surface area contributed by atoms with E-state index in [0.717, 1.165) is 12.2 Å². The first-order chi connectivity index (χ1) is 7.20. The van der Waals surface area contributed by atoms with E-state index >= 15 is 0 Å². The van der Waals surface area contributed by atoms with Gasteiger partial charge in [0.2, 0.25) is 0 Å². The zero-order chi connectivity index (χ0) is 10.8. The Hall–Kier alpha value is -1.51. The molecule has 2 rings (SSSR count). The van der Waals surface area contributed by atoms with E-state index in [-0.39, 0.29) is 6.42 Å². The molecular formula is C12H14O3. The van der Waals surface area contributed by atoms with Crippen LogP contribution >= 0.6 is 0 Å². The molecule has 1 aromatic carbocycles. The Morgan fingerprint density at radius 2 is 2.40 bits per heavy atom. The van der Waals surface area contributed by atoms with Crippen LogP contribution in [0.2, 0.25) is 0 Å². The lowest BCUT2D eigenvalue weighted by molar-refractivity contribution is -0.137. The van der Waals surface area contributed by atoms with Crippen LogP contribution in [0.4, 0.5) is 0 Å². The van der Waals surface area contributed by atoms with Gasteiger partial charge in [-0.05, 0) is 36.0 Å². The van der Waals surface area contributed by atoms with Gasteiger partial charge < -0.3 is 9.84 Å². The topological polar surface area (TPSA) is 46.5 Å². The van der Waals surface area contributed by atoms with Crippen molar-refractivity contribution in [3.8, 4) is 5.75 Å². The molecule has 1 aliphatic carbocycles. The van der Waals surface area contributed by atoms with Gasteiger partial charge in [-0.2, -0.15) is 0 Å². The molecule has 2 atom stereocenters. The lowest BCUT2D eigenvalue weighted by Crippen LogP contribution is -1.96. The molecule has 0 bridgehead atoms. The van der Waals surface area contributed by atoms with Crippen molar-refractivity contribution in [1.29, 1.82) is 0 Å². The third-order valence-corrected chi connectivity index (χ3v) is 2.88. The largest absolute Gasteiger partial charge is 0.497 e. The van der Waals surface area contributed by atoms with E-state index in [0.29, 0.717) is 11.8 Å². The predicted octanol–water partition coefficient (Wildman–Crippen LogP) is 2.27. The van der Waals surface area contributed by atoms with Crippen molar-refractivity contribution in [1.82, 2.24) is 0 Å². The summed E-state index contributed by atoms with van der Waals surface area (Å²) < 4.78 is 5.13. The molecule has 2 unspecified atom stereocenters. The minimum atomic E-state index is -0.703. The number of carbonyl (C=O) groups is 1. The van der Waals surface area contributed by atoms with Gasteiger partial charge >= 0.3 is 5.97 Å². The highest BCUT2D eigenvalue weighted by atomic mass is 16.5. The monoisotopic (exact) mass is 206 g/mol. The highest BCUT2D eigenvalue weighted by Gasteiger charge is 2.39. The van der Waals surface area contributed by atoms with Gasteiger partial charge in [0.05, 0.1) is 7.11 Å². The molecule has 1 aliphatic rings. The van der Waals surface area contributed by atoms with Crippen molar-refractivity contribution < 1.29 is 14.6 Å². The smallest absolute Gasteiger partial charge is 0.303 e. The Morgan fingerprint density at radius 1 is 1.60 bits per heavy atom. The molecule has 0 amide bonds. The Labute approximate surface area is 88.7 Å². The second kappa shape index (κ2) is 3.93. The Balaban J connectivity index is 2.03. The summed E-state index contributed by atoms with van der Waals surface area (Å²) in [5, 5.41) is 8.66. The number of carboxylic acids is 1. The van der Waals surface area contributed by atoms with Gasteiger partial charge in [-0.1, -0.05) is 12.1 Å². The van der Waals surface area contributed by atoms with Crippen molar-refractivity contribution in [2.24, 2.45) is 5.92 Å². The zero-order valence-electron chi connectivity index (χ0n) is 8.64. The average Bonchev–Trinajstić information content (AvgIpc) is 2.96. The molecular weight excluding hydrogens is 192 g/mol. The summed E-state index contributed by atoms with van der Waals surface area (Å²) in [6.45, 7) is 0. The van der Waals surface area contributed by atoms with E-state index < -0.39 is 5.97 Å². The first-order valence-corrected chi connectivity index (χ1v) is 5.06. The summed E-state index contributed by atoms with van der Waals surface area (Å²) in [5.74, 6) is 0.865. The van der Waals surface area contributed by atoms with Crippen LogP contribution < -0.4 is 4.74 Å². The van der Waals surface area contributed by atoms with Crippen LogP contribution in [0.5, 0.6) is 5.75 Å². The Bertz CT molecular complexity index is 373. The third-order valence-electron chi connectivity index (χ3n) is 2.88. The molecule has 80 valence electrons. The summed E-state index contributed by atoms with van der Waals surface area (Å²) in [6, 6.07) is 7.88. The molecule has 0 spiro atoms. The lowest BCUT2D eigenvalue weighted by Gasteiger charge is -2.03. The third kappa shape index (κ3) is 2.29. The van der Waals surface area contributed by atoms with E-state index in [1.807, 2.05) is 24.3 Å². The number of aliphatic carboxylic acids is 1. The molecule has 0 aliphatic heterocycles. The Morgan fingerprint density at radius 3 is 3.07 bits per heavy atom. The maximum absolute atomic E-state index is 10.5. The quantitative estimate of drug-likeness (QED) is 0.822. The molecule has 0 heterocycles. The molecule has 0 saturated heterocycles. The number of hydrogen-bond acceptors (Lipinski definition) is 2.